The van der Waals surface area contributed by atoms with Crippen LogP contribution < -0.4 is 5.32 Å². The number of nitrogens with one attached hydrogen (secondary N) is 1. The highest BCUT2D eigenvalue weighted by Crippen LogP contribution is 2.34. The summed E-state index contributed by atoms with van der Waals surface area (Å²) in [5.41, 5.74) is 0. The lowest BCUT2D eigenvalue weighted by Crippen LogP contribution is -2.46. The second kappa shape index (κ2) is 6.33. The highest BCUT2D eigenvalue weighted by molar-refractivity contribution is 7.86. The minimum Gasteiger partial charge on any atom is -0.316 e. The highest BCUT2D eigenvalue weighted by atomic mass is 32.2. The quantitative estimate of drug-likeness (QED) is 0.839. The standard InChI is InChI=1S/C14H27NOS/c1-3-11-8-9-13(15-2)14(10-11)17(16)12-6-4-5-7-12/h11-15H,3-10H2,1-2H3. The van der Waals surface area contributed by atoms with Crippen molar-refractivity contribution in [2.75, 3.05) is 7.05 Å². The molecule has 0 aromatic carbocycles. The zero-order valence-corrected chi connectivity index (χ0v) is 12.1. The highest BCUT2D eigenvalue weighted by Gasteiger charge is 2.36. The molecule has 2 saturated carbocycles. The van der Waals surface area contributed by atoms with E-state index in [1.807, 2.05) is 7.05 Å². The Hall–Kier alpha value is 0.110. The maximum Gasteiger partial charge on any atom is 0.0506 e. The zero-order valence-electron chi connectivity index (χ0n) is 11.3. The van der Waals surface area contributed by atoms with Crippen LogP contribution in [-0.4, -0.2) is 27.8 Å². The van der Waals surface area contributed by atoms with Crippen molar-refractivity contribution in [3.05, 3.63) is 0 Å². The second-order valence-corrected chi connectivity index (χ2v) is 7.69. The summed E-state index contributed by atoms with van der Waals surface area (Å²) in [5, 5.41) is 4.33. The van der Waals surface area contributed by atoms with Crippen LogP contribution in [-0.2, 0) is 10.8 Å². The molecule has 17 heavy (non-hydrogen) atoms. The van der Waals surface area contributed by atoms with Crippen LogP contribution in [0.4, 0.5) is 0 Å². The van der Waals surface area contributed by atoms with E-state index in [0.717, 1.165) is 5.92 Å². The molecular formula is C14H27NOS. The van der Waals surface area contributed by atoms with Gasteiger partial charge in [0.25, 0.3) is 0 Å². The van der Waals surface area contributed by atoms with Gasteiger partial charge in [-0.1, -0.05) is 26.2 Å². The molecule has 2 aliphatic rings. The third-order valence-corrected chi connectivity index (χ3v) is 7.02. The molecule has 0 aromatic rings. The van der Waals surface area contributed by atoms with Crippen molar-refractivity contribution in [1.29, 1.82) is 0 Å². The minimum absolute atomic E-state index is 0.418. The topological polar surface area (TPSA) is 29.1 Å². The van der Waals surface area contributed by atoms with Gasteiger partial charge >= 0.3 is 0 Å². The van der Waals surface area contributed by atoms with Crippen LogP contribution in [0.25, 0.3) is 0 Å². The molecule has 0 radical (unpaired) electrons. The number of hydrogen-bond acceptors (Lipinski definition) is 2. The summed E-state index contributed by atoms with van der Waals surface area (Å²) in [6, 6.07) is 0.499. The van der Waals surface area contributed by atoms with E-state index >= 15 is 0 Å². The normalized spacial score (nSPS) is 37.2. The first-order chi connectivity index (χ1) is 8.26. The van der Waals surface area contributed by atoms with Gasteiger partial charge in [-0.3, -0.25) is 4.21 Å². The number of rotatable bonds is 4. The van der Waals surface area contributed by atoms with Crippen molar-refractivity contribution >= 4 is 10.8 Å². The van der Waals surface area contributed by atoms with Crippen LogP contribution >= 0.6 is 0 Å². The van der Waals surface area contributed by atoms with Gasteiger partial charge in [-0.05, 0) is 45.1 Å². The zero-order chi connectivity index (χ0) is 12.3. The monoisotopic (exact) mass is 257 g/mol. The molecule has 2 aliphatic carbocycles. The van der Waals surface area contributed by atoms with Gasteiger partial charge in [0.05, 0.1) is 5.25 Å². The van der Waals surface area contributed by atoms with Gasteiger partial charge in [0, 0.05) is 22.1 Å². The van der Waals surface area contributed by atoms with E-state index < -0.39 is 10.8 Å². The summed E-state index contributed by atoms with van der Waals surface area (Å²) < 4.78 is 12.7. The first-order valence-electron chi connectivity index (χ1n) is 7.32. The van der Waals surface area contributed by atoms with Gasteiger partial charge in [0.2, 0.25) is 0 Å². The largest absolute Gasteiger partial charge is 0.316 e. The van der Waals surface area contributed by atoms with Crippen molar-refractivity contribution in [2.24, 2.45) is 5.92 Å². The maximum absolute atomic E-state index is 12.7. The van der Waals surface area contributed by atoms with Crippen molar-refractivity contribution in [1.82, 2.24) is 5.32 Å². The molecule has 0 saturated heterocycles. The average molecular weight is 257 g/mol. The number of hydrogen-bond donors (Lipinski definition) is 1. The lowest BCUT2D eigenvalue weighted by Gasteiger charge is -2.36. The molecular weight excluding hydrogens is 230 g/mol. The summed E-state index contributed by atoms with van der Waals surface area (Å²) in [5.74, 6) is 0.815. The van der Waals surface area contributed by atoms with Crippen LogP contribution in [0.15, 0.2) is 0 Å². The van der Waals surface area contributed by atoms with Gasteiger partial charge in [-0.15, -0.1) is 0 Å². The van der Waals surface area contributed by atoms with Crippen LogP contribution in [0, 0.1) is 5.92 Å². The second-order valence-electron chi connectivity index (χ2n) is 5.76. The molecule has 2 rings (SSSR count). The van der Waals surface area contributed by atoms with Crippen LogP contribution in [0.2, 0.25) is 0 Å². The van der Waals surface area contributed by atoms with E-state index in [1.165, 1.54) is 51.4 Å². The van der Waals surface area contributed by atoms with Crippen molar-refractivity contribution in [3.63, 3.8) is 0 Å². The van der Waals surface area contributed by atoms with E-state index in [-0.39, 0.29) is 0 Å². The van der Waals surface area contributed by atoms with E-state index in [4.69, 9.17) is 0 Å². The Morgan fingerprint density at radius 2 is 1.88 bits per heavy atom. The smallest absolute Gasteiger partial charge is 0.0506 e. The third kappa shape index (κ3) is 3.11. The Balaban J connectivity index is 2.00. The van der Waals surface area contributed by atoms with E-state index in [2.05, 4.69) is 12.2 Å². The molecule has 1 N–H and O–H groups in total. The first kappa shape index (κ1) is 13.5. The van der Waals surface area contributed by atoms with Crippen LogP contribution in [0.3, 0.4) is 0 Å². The third-order valence-electron chi connectivity index (χ3n) is 4.78. The predicted octanol–water partition coefficient (Wildman–Crippen LogP) is 2.84. The molecule has 4 unspecified atom stereocenters. The van der Waals surface area contributed by atoms with Crippen LogP contribution in [0.1, 0.15) is 58.3 Å². The predicted molar refractivity (Wildman–Crippen MR) is 74.7 cm³/mol. The fraction of sp³-hybridized carbons (Fsp3) is 1.00. The van der Waals surface area contributed by atoms with E-state index in [9.17, 15) is 4.21 Å². The lowest BCUT2D eigenvalue weighted by molar-refractivity contribution is 0.300. The molecule has 4 atom stereocenters. The maximum atomic E-state index is 12.7. The fourth-order valence-corrected chi connectivity index (χ4v) is 5.89. The summed E-state index contributed by atoms with van der Waals surface area (Å²) in [7, 11) is 1.44. The molecule has 3 heteroatoms. The molecule has 0 bridgehead atoms. The Bertz CT molecular complexity index is 263. The van der Waals surface area contributed by atoms with Crippen LogP contribution in [0.5, 0.6) is 0 Å². The van der Waals surface area contributed by atoms with E-state index in [1.54, 1.807) is 0 Å². The van der Waals surface area contributed by atoms with Gasteiger partial charge in [-0.25, -0.2) is 0 Å². The Kier molecular flexibility index (Phi) is 5.04. The van der Waals surface area contributed by atoms with Crippen molar-refractivity contribution in [2.45, 2.75) is 74.8 Å². The van der Waals surface area contributed by atoms with Gasteiger partial charge in [-0.2, -0.15) is 0 Å². The van der Waals surface area contributed by atoms with Crippen molar-refractivity contribution in [3.8, 4) is 0 Å². The Morgan fingerprint density at radius 1 is 1.18 bits per heavy atom. The fourth-order valence-electron chi connectivity index (χ4n) is 3.54. The van der Waals surface area contributed by atoms with E-state index in [0.29, 0.717) is 16.5 Å². The van der Waals surface area contributed by atoms with Gasteiger partial charge in [0.1, 0.15) is 0 Å². The summed E-state index contributed by atoms with van der Waals surface area (Å²) in [6.07, 6.45) is 9.99. The molecule has 2 nitrogen and oxygen atoms in total. The minimum atomic E-state index is -0.597. The molecule has 0 spiro atoms. The molecule has 0 aromatic heterocycles. The molecule has 100 valence electrons. The Morgan fingerprint density at radius 3 is 2.47 bits per heavy atom. The van der Waals surface area contributed by atoms with Gasteiger partial charge < -0.3 is 5.32 Å². The molecule has 2 fully saturated rings. The summed E-state index contributed by atoms with van der Waals surface area (Å²) in [6.45, 7) is 2.28. The summed E-state index contributed by atoms with van der Waals surface area (Å²) in [4.78, 5) is 0. The molecule has 0 aliphatic heterocycles. The lowest BCUT2D eigenvalue weighted by atomic mass is 9.84. The molecule has 0 heterocycles. The molecule has 0 amide bonds. The SMILES string of the molecule is CCC1CCC(NC)C(S(=O)C2CCCC2)C1. The van der Waals surface area contributed by atoms with Gasteiger partial charge in [0.15, 0.2) is 0 Å². The first-order valence-corrected chi connectivity index (χ1v) is 8.60. The summed E-state index contributed by atoms with van der Waals surface area (Å²) >= 11 is 0. The average Bonchev–Trinajstić information content (AvgIpc) is 2.91. The van der Waals surface area contributed by atoms with Crippen molar-refractivity contribution < 1.29 is 4.21 Å². The Labute approximate surface area is 108 Å².